The summed E-state index contributed by atoms with van der Waals surface area (Å²) in [5, 5.41) is 3.55. The fourth-order valence-corrected chi connectivity index (χ4v) is 4.98. The van der Waals surface area contributed by atoms with Crippen molar-refractivity contribution in [3.63, 3.8) is 0 Å². The van der Waals surface area contributed by atoms with E-state index in [0.717, 1.165) is 10.5 Å². The molecule has 0 amide bonds. The fourth-order valence-electron chi connectivity index (χ4n) is 4.00. The molecule has 2 aromatic heterocycles. The summed E-state index contributed by atoms with van der Waals surface area (Å²) in [7, 11) is 0. The van der Waals surface area contributed by atoms with Crippen LogP contribution < -0.4 is 0 Å². The van der Waals surface area contributed by atoms with E-state index in [2.05, 4.69) is 95.6 Å². The van der Waals surface area contributed by atoms with Crippen molar-refractivity contribution >= 4 is 43.4 Å². The molecule has 132 valence electrons. The Bertz CT molecular complexity index is 1440. The third kappa shape index (κ3) is 2.23. The molecular formula is C25H16N2S. The monoisotopic (exact) mass is 376 g/mol. The lowest BCUT2D eigenvalue weighted by atomic mass is 10.1. The Hall–Kier alpha value is -3.43. The normalized spacial score (nSPS) is 11.6. The Balaban J connectivity index is 1.75. The van der Waals surface area contributed by atoms with Crippen LogP contribution in [0.4, 0.5) is 0 Å². The van der Waals surface area contributed by atoms with Crippen LogP contribution in [0.2, 0.25) is 0 Å². The van der Waals surface area contributed by atoms with E-state index in [1.807, 2.05) is 6.07 Å². The van der Waals surface area contributed by atoms with Crippen molar-refractivity contribution < 1.29 is 0 Å². The molecule has 0 spiro atoms. The van der Waals surface area contributed by atoms with E-state index < -0.39 is 0 Å². The Labute approximate surface area is 166 Å². The average Bonchev–Trinajstić information content (AvgIpc) is 3.34. The smallest absolute Gasteiger partial charge is 0.124 e. The lowest BCUT2D eigenvalue weighted by Crippen LogP contribution is -1.92. The van der Waals surface area contributed by atoms with Gasteiger partial charge in [0.05, 0.1) is 21.3 Å². The topological polar surface area (TPSA) is 17.8 Å². The van der Waals surface area contributed by atoms with Gasteiger partial charge in [-0.1, -0.05) is 66.7 Å². The highest BCUT2D eigenvalue weighted by molar-refractivity contribution is 7.21. The van der Waals surface area contributed by atoms with Gasteiger partial charge in [-0.05, 0) is 30.3 Å². The minimum absolute atomic E-state index is 1.07. The first-order valence-electron chi connectivity index (χ1n) is 9.34. The molecule has 0 bridgehead atoms. The first kappa shape index (κ1) is 15.6. The van der Waals surface area contributed by atoms with Crippen molar-refractivity contribution in [2.24, 2.45) is 0 Å². The molecule has 4 aromatic carbocycles. The Morgan fingerprint density at radius 3 is 2.18 bits per heavy atom. The van der Waals surface area contributed by atoms with Gasteiger partial charge in [-0.2, -0.15) is 0 Å². The minimum atomic E-state index is 1.07. The van der Waals surface area contributed by atoms with E-state index in [4.69, 9.17) is 4.98 Å². The van der Waals surface area contributed by atoms with Crippen LogP contribution in [0.3, 0.4) is 0 Å². The third-order valence-electron chi connectivity index (χ3n) is 5.23. The van der Waals surface area contributed by atoms with Gasteiger partial charge in [-0.15, -0.1) is 11.3 Å². The van der Waals surface area contributed by atoms with Crippen LogP contribution in [-0.2, 0) is 0 Å². The zero-order valence-corrected chi connectivity index (χ0v) is 15.9. The van der Waals surface area contributed by atoms with Crippen molar-refractivity contribution in [3.05, 3.63) is 97.1 Å². The number of benzene rings is 4. The number of hydrogen-bond donors (Lipinski definition) is 0. The van der Waals surface area contributed by atoms with Crippen LogP contribution >= 0.6 is 11.3 Å². The van der Waals surface area contributed by atoms with Crippen LogP contribution in [0.5, 0.6) is 0 Å². The molecule has 0 fully saturated rings. The van der Waals surface area contributed by atoms with Crippen molar-refractivity contribution in [2.75, 3.05) is 0 Å². The first-order valence-corrected chi connectivity index (χ1v) is 10.2. The summed E-state index contributed by atoms with van der Waals surface area (Å²) in [4.78, 5) is 5.07. The summed E-state index contributed by atoms with van der Waals surface area (Å²) in [6, 6.07) is 34.0. The van der Waals surface area contributed by atoms with Gasteiger partial charge in [0.15, 0.2) is 0 Å². The maximum absolute atomic E-state index is 5.07. The molecule has 0 aliphatic heterocycles. The molecule has 2 nitrogen and oxygen atoms in total. The molecule has 0 atom stereocenters. The molecule has 0 aliphatic rings. The molecule has 28 heavy (non-hydrogen) atoms. The Morgan fingerprint density at radius 1 is 0.643 bits per heavy atom. The third-order valence-corrected chi connectivity index (χ3v) is 6.30. The van der Waals surface area contributed by atoms with Crippen molar-refractivity contribution in [1.29, 1.82) is 0 Å². The number of aromatic nitrogens is 2. The fraction of sp³-hybridized carbons (Fsp3) is 0. The van der Waals surface area contributed by atoms with Gasteiger partial charge in [0.25, 0.3) is 0 Å². The van der Waals surface area contributed by atoms with Crippen LogP contribution in [-0.4, -0.2) is 9.55 Å². The van der Waals surface area contributed by atoms with Gasteiger partial charge in [0.1, 0.15) is 5.01 Å². The summed E-state index contributed by atoms with van der Waals surface area (Å²) in [6.45, 7) is 0. The molecule has 0 aliphatic carbocycles. The maximum Gasteiger partial charge on any atom is 0.124 e. The van der Waals surface area contributed by atoms with Gasteiger partial charge in [-0.25, -0.2) is 4.98 Å². The molecule has 0 N–H and O–H groups in total. The van der Waals surface area contributed by atoms with Gasteiger partial charge in [-0.3, -0.25) is 0 Å². The number of nitrogens with zero attached hydrogens (tertiary/aromatic N) is 2. The molecule has 0 unspecified atom stereocenters. The predicted octanol–water partition coefficient (Wildman–Crippen LogP) is 7.06. The van der Waals surface area contributed by atoms with E-state index >= 15 is 0 Å². The highest BCUT2D eigenvalue weighted by Gasteiger charge is 2.17. The molecule has 6 rings (SSSR count). The average molecular weight is 376 g/mol. The second-order valence-electron chi connectivity index (χ2n) is 6.88. The molecular weight excluding hydrogens is 360 g/mol. The summed E-state index contributed by atoms with van der Waals surface area (Å²) < 4.78 is 3.56. The molecule has 3 heteroatoms. The van der Waals surface area contributed by atoms with Crippen molar-refractivity contribution in [2.45, 2.75) is 0 Å². The lowest BCUT2D eigenvalue weighted by Gasteiger charge is -2.07. The number of hydrogen-bond acceptors (Lipinski definition) is 2. The van der Waals surface area contributed by atoms with E-state index in [1.165, 1.54) is 37.8 Å². The highest BCUT2D eigenvalue weighted by Crippen LogP contribution is 2.39. The van der Waals surface area contributed by atoms with Crippen molar-refractivity contribution in [3.8, 4) is 16.3 Å². The minimum Gasteiger partial charge on any atom is -0.309 e. The van der Waals surface area contributed by atoms with Gasteiger partial charge < -0.3 is 4.57 Å². The van der Waals surface area contributed by atoms with Crippen LogP contribution in [0.15, 0.2) is 97.1 Å². The molecule has 0 saturated carbocycles. The van der Waals surface area contributed by atoms with Gasteiger partial charge in [0.2, 0.25) is 0 Å². The molecule has 0 radical (unpaired) electrons. The summed E-state index contributed by atoms with van der Waals surface area (Å²) >= 11 is 1.76. The quantitative estimate of drug-likeness (QED) is 0.316. The number of para-hydroxylation sites is 2. The SMILES string of the molecule is c1ccc(-c2nc3c(ccc4c3c3ccccc3n4-c3ccccc3)s2)cc1. The number of thiazole rings is 1. The second-order valence-corrected chi connectivity index (χ2v) is 7.91. The summed E-state index contributed by atoms with van der Waals surface area (Å²) in [6.07, 6.45) is 0. The molecule has 0 saturated heterocycles. The molecule has 6 aromatic rings. The van der Waals surface area contributed by atoms with Crippen LogP contribution in [0.25, 0.3) is 48.3 Å². The van der Waals surface area contributed by atoms with Crippen LogP contribution in [0.1, 0.15) is 0 Å². The second kappa shape index (κ2) is 6.04. The zero-order valence-electron chi connectivity index (χ0n) is 15.0. The largest absolute Gasteiger partial charge is 0.309 e. The van der Waals surface area contributed by atoms with Gasteiger partial charge >= 0.3 is 0 Å². The van der Waals surface area contributed by atoms with Gasteiger partial charge in [0, 0.05) is 22.0 Å². The lowest BCUT2D eigenvalue weighted by molar-refractivity contribution is 1.18. The Kier molecular flexibility index (Phi) is 3.37. The zero-order chi connectivity index (χ0) is 18.5. The summed E-state index contributed by atoms with van der Waals surface area (Å²) in [5.41, 5.74) is 5.85. The predicted molar refractivity (Wildman–Crippen MR) is 119 cm³/mol. The standard InChI is InChI=1S/C25H16N2S/c1-3-9-17(10-4-1)25-26-24-22(28-25)16-15-21-23(24)19-13-7-8-14-20(19)27(21)18-11-5-2-6-12-18/h1-16H. The van der Waals surface area contributed by atoms with E-state index in [0.29, 0.717) is 0 Å². The first-order chi connectivity index (χ1) is 13.9. The number of rotatable bonds is 2. The maximum atomic E-state index is 5.07. The van der Waals surface area contributed by atoms with Crippen LogP contribution in [0, 0.1) is 0 Å². The van der Waals surface area contributed by atoms with E-state index in [1.54, 1.807) is 11.3 Å². The Morgan fingerprint density at radius 2 is 1.36 bits per heavy atom. The summed E-state index contributed by atoms with van der Waals surface area (Å²) in [5.74, 6) is 0. The highest BCUT2D eigenvalue weighted by atomic mass is 32.1. The van der Waals surface area contributed by atoms with Crippen molar-refractivity contribution in [1.82, 2.24) is 9.55 Å². The number of fused-ring (bicyclic) bond motifs is 5. The van der Waals surface area contributed by atoms with E-state index in [9.17, 15) is 0 Å². The molecule has 2 heterocycles. The van der Waals surface area contributed by atoms with E-state index in [-0.39, 0.29) is 0 Å².